The fourth-order valence-corrected chi connectivity index (χ4v) is 1.79. The van der Waals surface area contributed by atoms with Crippen molar-refractivity contribution in [2.45, 2.75) is 6.92 Å². The first-order chi connectivity index (χ1) is 9.08. The zero-order valence-electron chi connectivity index (χ0n) is 10.7. The van der Waals surface area contributed by atoms with Gasteiger partial charge in [0, 0.05) is 6.54 Å². The Balaban J connectivity index is 2.57. The second-order valence-corrected chi connectivity index (χ2v) is 4.36. The molecule has 0 aromatic heterocycles. The molecular weight excluding hydrogens is 268 g/mol. The minimum atomic E-state index is -0.518. The molecule has 19 heavy (non-hydrogen) atoms. The highest BCUT2D eigenvalue weighted by atomic mass is 35.5. The van der Waals surface area contributed by atoms with Crippen LogP contribution < -0.4 is 5.32 Å². The second kappa shape index (κ2) is 7.89. The number of hydrogen-bond acceptors (Lipinski definition) is 4. The summed E-state index contributed by atoms with van der Waals surface area (Å²) >= 11 is 5.87. The molecule has 0 saturated carbocycles. The summed E-state index contributed by atoms with van der Waals surface area (Å²) in [6.45, 7) is 2.92. The van der Waals surface area contributed by atoms with Crippen LogP contribution in [-0.2, 0) is 4.79 Å². The van der Waals surface area contributed by atoms with Crippen molar-refractivity contribution in [2.75, 3.05) is 26.2 Å². The van der Waals surface area contributed by atoms with Crippen molar-refractivity contribution in [1.82, 2.24) is 10.2 Å². The van der Waals surface area contributed by atoms with E-state index < -0.39 is 11.8 Å². The van der Waals surface area contributed by atoms with Crippen LogP contribution in [-0.4, -0.2) is 48.1 Å². The third-order valence-corrected chi connectivity index (χ3v) is 2.93. The number of halogens is 1. The number of benzene rings is 1. The molecule has 2 N–H and O–H groups in total. The van der Waals surface area contributed by atoms with Gasteiger partial charge >= 0.3 is 0 Å². The number of aliphatic hydroxyl groups excluding tert-OH is 1. The molecule has 0 fully saturated rings. The lowest BCUT2D eigenvalue weighted by Gasteiger charge is -2.18. The third-order valence-electron chi connectivity index (χ3n) is 2.60. The molecule has 0 aliphatic carbocycles. The summed E-state index contributed by atoms with van der Waals surface area (Å²) in [7, 11) is 0. The number of nitrogens with one attached hydrogen (secondary N) is 1. The van der Waals surface area contributed by atoms with Crippen molar-refractivity contribution >= 4 is 23.4 Å². The standard InChI is InChI=1S/C13H17ClN2O3/c1-2-16(7-8-17)9-12(18)15-13(19)10-5-3-4-6-11(10)14/h3-6,17H,2,7-9H2,1H3,(H,15,18,19). The van der Waals surface area contributed by atoms with Gasteiger partial charge in [-0.25, -0.2) is 0 Å². The maximum absolute atomic E-state index is 11.8. The average molecular weight is 285 g/mol. The Kier molecular flexibility index (Phi) is 6.49. The quantitative estimate of drug-likeness (QED) is 0.815. The van der Waals surface area contributed by atoms with Gasteiger partial charge in [0.2, 0.25) is 5.91 Å². The fourth-order valence-electron chi connectivity index (χ4n) is 1.57. The maximum Gasteiger partial charge on any atom is 0.259 e. The van der Waals surface area contributed by atoms with Gasteiger partial charge in [0.1, 0.15) is 0 Å². The molecule has 2 amide bonds. The van der Waals surface area contributed by atoms with Gasteiger partial charge in [-0.3, -0.25) is 19.8 Å². The Labute approximate surface area is 117 Å². The molecule has 0 heterocycles. The summed E-state index contributed by atoms with van der Waals surface area (Å²) in [5.74, 6) is -0.934. The van der Waals surface area contributed by atoms with Crippen LogP contribution in [0.25, 0.3) is 0 Å². The number of carbonyl (C=O) groups excluding carboxylic acids is 2. The normalized spacial score (nSPS) is 10.5. The van der Waals surface area contributed by atoms with Crippen molar-refractivity contribution in [3.05, 3.63) is 34.9 Å². The Hall–Kier alpha value is -1.43. The van der Waals surface area contributed by atoms with Crippen molar-refractivity contribution in [3.8, 4) is 0 Å². The minimum absolute atomic E-state index is 0.0282. The lowest BCUT2D eigenvalue weighted by molar-refractivity contribution is -0.121. The monoisotopic (exact) mass is 284 g/mol. The van der Waals surface area contributed by atoms with Gasteiger partial charge in [-0.1, -0.05) is 30.7 Å². The lowest BCUT2D eigenvalue weighted by atomic mass is 10.2. The third kappa shape index (κ3) is 4.98. The SMILES string of the molecule is CCN(CCO)CC(=O)NC(=O)c1ccccc1Cl. The van der Waals surface area contributed by atoms with Crippen LogP contribution in [0.5, 0.6) is 0 Å². The number of aliphatic hydroxyl groups is 1. The van der Waals surface area contributed by atoms with Gasteiger partial charge in [-0.2, -0.15) is 0 Å². The van der Waals surface area contributed by atoms with Crippen LogP contribution >= 0.6 is 11.6 Å². The van der Waals surface area contributed by atoms with Crippen LogP contribution in [0.3, 0.4) is 0 Å². The van der Waals surface area contributed by atoms with Crippen LogP contribution in [0.4, 0.5) is 0 Å². The van der Waals surface area contributed by atoms with Crippen LogP contribution in [0, 0.1) is 0 Å². The molecule has 0 aliphatic rings. The molecule has 6 heteroatoms. The van der Waals surface area contributed by atoms with E-state index in [4.69, 9.17) is 16.7 Å². The molecule has 0 aliphatic heterocycles. The summed E-state index contributed by atoms with van der Waals surface area (Å²) in [5.41, 5.74) is 0.266. The molecule has 5 nitrogen and oxygen atoms in total. The molecule has 0 atom stereocenters. The predicted octanol–water partition coefficient (Wildman–Crippen LogP) is 0.911. The zero-order valence-corrected chi connectivity index (χ0v) is 11.5. The molecule has 1 aromatic carbocycles. The molecule has 0 unspecified atom stereocenters. The Morgan fingerprint density at radius 3 is 2.63 bits per heavy atom. The number of imide groups is 1. The van der Waals surface area contributed by atoms with Crippen LogP contribution in [0.2, 0.25) is 5.02 Å². The van der Waals surface area contributed by atoms with E-state index in [1.807, 2.05) is 6.92 Å². The number of hydrogen-bond donors (Lipinski definition) is 2. The topological polar surface area (TPSA) is 69.6 Å². The van der Waals surface area contributed by atoms with Gasteiger partial charge in [0.05, 0.1) is 23.7 Å². The highest BCUT2D eigenvalue weighted by Crippen LogP contribution is 2.14. The van der Waals surface area contributed by atoms with Crippen LogP contribution in [0.15, 0.2) is 24.3 Å². The number of nitrogens with zero attached hydrogens (tertiary/aromatic N) is 1. The summed E-state index contributed by atoms with van der Waals surface area (Å²) in [5, 5.41) is 11.4. The first kappa shape index (κ1) is 15.6. The summed E-state index contributed by atoms with van der Waals surface area (Å²) in [4.78, 5) is 25.2. The number of rotatable bonds is 6. The first-order valence-electron chi connectivity index (χ1n) is 6.00. The Morgan fingerprint density at radius 2 is 2.05 bits per heavy atom. The maximum atomic E-state index is 11.8. The van der Waals surface area contributed by atoms with E-state index in [-0.39, 0.29) is 18.7 Å². The summed E-state index contributed by atoms with van der Waals surface area (Å²) < 4.78 is 0. The molecule has 0 spiro atoms. The van der Waals surface area contributed by atoms with E-state index in [0.29, 0.717) is 18.1 Å². The van der Waals surface area contributed by atoms with E-state index in [9.17, 15) is 9.59 Å². The Morgan fingerprint density at radius 1 is 1.37 bits per heavy atom. The van der Waals surface area contributed by atoms with E-state index in [2.05, 4.69) is 5.32 Å². The van der Waals surface area contributed by atoms with Crippen LogP contribution in [0.1, 0.15) is 17.3 Å². The molecule has 1 aromatic rings. The highest BCUT2D eigenvalue weighted by Gasteiger charge is 2.15. The van der Waals surface area contributed by atoms with Crippen molar-refractivity contribution in [3.63, 3.8) is 0 Å². The smallest absolute Gasteiger partial charge is 0.259 e. The van der Waals surface area contributed by atoms with Gasteiger partial charge in [-0.05, 0) is 18.7 Å². The van der Waals surface area contributed by atoms with Gasteiger partial charge in [-0.15, -0.1) is 0 Å². The summed E-state index contributed by atoms with van der Waals surface area (Å²) in [6.07, 6.45) is 0. The molecule has 104 valence electrons. The van der Waals surface area contributed by atoms with Gasteiger partial charge in [0.25, 0.3) is 5.91 Å². The van der Waals surface area contributed by atoms with Gasteiger partial charge < -0.3 is 5.11 Å². The van der Waals surface area contributed by atoms with Gasteiger partial charge in [0.15, 0.2) is 0 Å². The van der Waals surface area contributed by atoms with E-state index in [0.717, 1.165) is 0 Å². The lowest BCUT2D eigenvalue weighted by Crippen LogP contribution is -2.41. The second-order valence-electron chi connectivity index (χ2n) is 3.95. The van der Waals surface area contributed by atoms with E-state index in [1.165, 1.54) is 0 Å². The highest BCUT2D eigenvalue weighted by molar-refractivity contribution is 6.34. The zero-order chi connectivity index (χ0) is 14.3. The predicted molar refractivity (Wildman–Crippen MR) is 73.1 cm³/mol. The van der Waals surface area contributed by atoms with E-state index >= 15 is 0 Å². The Bertz CT molecular complexity index is 451. The molecular formula is C13H17ClN2O3. The van der Waals surface area contributed by atoms with Crippen molar-refractivity contribution in [1.29, 1.82) is 0 Å². The minimum Gasteiger partial charge on any atom is -0.395 e. The molecule has 0 saturated heterocycles. The van der Waals surface area contributed by atoms with Crippen molar-refractivity contribution in [2.24, 2.45) is 0 Å². The molecule has 0 bridgehead atoms. The van der Waals surface area contributed by atoms with E-state index in [1.54, 1.807) is 29.2 Å². The average Bonchev–Trinajstić information content (AvgIpc) is 2.38. The van der Waals surface area contributed by atoms with Crippen molar-refractivity contribution < 1.29 is 14.7 Å². The summed E-state index contributed by atoms with van der Waals surface area (Å²) in [6, 6.07) is 6.53. The molecule has 1 rings (SSSR count). The number of amides is 2. The largest absolute Gasteiger partial charge is 0.395 e. The first-order valence-corrected chi connectivity index (χ1v) is 6.38. The fraction of sp³-hybridized carbons (Fsp3) is 0.385. The molecule has 0 radical (unpaired) electrons. The number of likely N-dealkylation sites (N-methyl/N-ethyl adjacent to an activating group) is 1. The number of carbonyl (C=O) groups is 2.